The first kappa shape index (κ1) is 13.2. The normalized spacial score (nSPS) is 10.8. The number of carbonyl (C=O) groups is 1. The summed E-state index contributed by atoms with van der Waals surface area (Å²) >= 11 is 0. The average molecular weight is 287 g/mol. The van der Waals surface area contributed by atoms with Crippen molar-refractivity contribution in [2.75, 3.05) is 5.32 Å². The van der Waals surface area contributed by atoms with Crippen molar-refractivity contribution >= 4 is 17.1 Å². The van der Waals surface area contributed by atoms with Gasteiger partial charge in [0.15, 0.2) is 0 Å². The summed E-state index contributed by atoms with van der Waals surface area (Å²) in [7, 11) is 0. The lowest BCUT2D eigenvalue weighted by Gasteiger charge is -2.04. The fraction of sp³-hybridized carbons (Fsp3) is 0.0667. The van der Waals surface area contributed by atoms with E-state index < -0.39 is 11.6 Å². The third kappa shape index (κ3) is 2.89. The van der Waals surface area contributed by atoms with E-state index in [1.807, 2.05) is 18.2 Å². The number of carbonyl (C=O) groups excluding carboxylic acids is 1. The standard InChI is InChI=1S/C15H11F2N3O/c16-11-5-10(6-12(17)8-11)7-15(21)19-13-9-18-20-4-2-1-3-14(13)20/h1-6,8-9H,7H2,(H,19,21). The second-order valence-corrected chi connectivity index (χ2v) is 4.59. The first-order chi connectivity index (χ1) is 10.1. The molecule has 21 heavy (non-hydrogen) atoms. The molecule has 2 aromatic heterocycles. The monoisotopic (exact) mass is 287 g/mol. The van der Waals surface area contributed by atoms with Gasteiger partial charge in [-0.15, -0.1) is 0 Å². The van der Waals surface area contributed by atoms with Crippen molar-refractivity contribution < 1.29 is 13.6 Å². The van der Waals surface area contributed by atoms with E-state index >= 15 is 0 Å². The van der Waals surface area contributed by atoms with Crippen LogP contribution >= 0.6 is 0 Å². The number of amides is 1. The van der Waals surface area contributed by atoms with Gasteiger partial charge in [0.25, 0.3) is 0 Å². The average Bonchev–Trinajstić information content (AvgIpc) is 2.81. The second-order valence-electron chi connectivity index (χ2n) is 4.59. The third-order valence-corrected chi connectivity index (χ3v) is 2.99. The summed E-state index contributed by atoms with van der Waals surface area (Å²) in [6.07, 6.45) is 3.17. The number of fused-ring (bicyclic) bond motifs is 1. The zero-order valence-corrected chi connectivity index (χ0v) is 10.9. The molecule has 0 saturated carbocycles. The van der Waals surface area contributed by atoms with Crippen molar-refractivity contribution in [3.05, 3.63) is 66.0 Å². The summed E-state index contributed by atoms with van der Waals surface area (Å²) in [5, 5.41) is 6.77. The van der Waals surface area contributed by atoms with Gasteiger partial charge in [-0.25, -0.2) is 13.3 Å². The molecule has 0 bridgehead atoms. The van der Waals surface area contributed by atoms with Crippen molar-refractivity contribution in [2.24, 2.45) is 0 Å². The summed E-state index contributed by atoms with van der Waals surface area (Å²) in [5.74, 6) is -1.76. The molecule has 0 unspecified atom stereocenters. The van der Waals surface area contributed by atoms with E-state index in [-0.39, 0.29) is 17.9 Å². The zero-order valence-electron chi connectivity index (χ0n) is 10.9. The van der Waals surface area contributed by atoms with Crippen LogP contribution in [0.3, 0.4) is 0 Å². The van der Waals surface area contributed by atoms with Gasteiger partial charge >= 0.3 is 0 Å². The van der Waals surface area contributed by atoms with Crippen LogP contribution in [0.15, 0.2) is 48.8 Å². The molecule has 0 aliphatic heterocycles. The Morgan fingerprint density at radius 2 is 1.95 bits per heavy atom. The maximum absolute atomic E-state index is 13.1. The van der Waals surface area contributed by atoms with Gasteiger partial charge in [0.05, 0.1) is 23.8 Å². The topological polar surface area (TPSA) is 46.4 Å². The van der Waals surface area contributed by atoms with Crippen LogP contribution < -0.4 is 5.32 Å². The molecule has 106 valence electrons. The maximum Gasteiger partial charge on any atom is 0.228 e. The molecule has 1 aromatic carbocycles. The molecule has 3 rings (SSSR count). The van der Waals surface area contributed by atoms with Gasteiger partial charge < -0.3 is 5.32 Å². The number of rotatable bonds is 3. The van der Waals surface area contributed by atoms with Crippen LogP contribution in [0.2, 0.25) is 0 Å². The fourth-order valence-corrected chi connectivity index (χ4v) is 2.12. The lowest BCUT2D eigenvalue weighted by molar-refractivity contribution is -0.115. The van der Waals surface area contributed by atoms with Gasteiger partial charge in [-0.1, -0.05) is 6.07 Å². The number of hydrogen-bond acceptors (Lipinski definition) is 2. The Balaban J connectivity index is 1.77. The molecule has 0 aliphatic carbocycles. The van der Waals surface area contributed by atoms with Crippen molar-refractivity contribution in [1.29, 1.82) is 0 Å². The number of nitrogens with one attached hydrogen (secondary N) is 1. The summed E-state index contributed by atoms with van der Waals surface area (Å²) in [5.41, 5.74) is 1.58. The van der Waals surface area contributed by atoms with Crippen molar-refractivity contribution in [1.82, 2.24) is 9.61 Å². The molecule has 0 atom stereocenters. The summed E-state index contributed by atoms with van der Waals surface area (Å²) < 4.78 is 27.8. The van der Waals surface area contributed by atoms with Crippen LogP contribution in [0.4, 0.5) is 14.5 Å². The Labute approximate surface area is 119 Å². The highest BCUT2D eigenvalue weighted by Gasteiger charge is 2.10. The van der Waals surface area contributed by atoms with Gasteiger partial charge in [-0.2, -0.15) is 5.10 Å². The third-order valence-electron chi connectivity index (χ3n) is 2.99. The minimum absolute atomic E-state index is 0.112. The van der Waals surface area contributed by atoms with Crippen LogP contribution in [-0.2, 0) is 11.2 Å². The Morgan fingerprint density at radius 1 is 1.19 bits per heavy atom. The van der Waals surface area contributed by atoms with Crippen molar-refractivity contribution in [3.8, 4) is 0 Å². The maximum atomic E-state index is 13.1. The van der Waals surface area contributed by atoms with Crippen molar-refractivity contribution in [2.45, 2.75) is 6.42 Å². The second kappa shape index (κ2) is 5.32. The molecule has 2 heterocycles. The summed E-state index contributed by atoms with van der Waals surface area (Å²) in [4.78, 5) is 12.0. The highest BCUT2D eigenvalue weighted by molar-refractivity contribution is 5.96. The lowest BCUT2D eigenvalue weighted by atomic mass is 10.1. The minimum Gasteiger partial charge on any atom is -0.323 e. The Hall–Kier alpha value is -2.76. The minimum atomic E-state index is -0.700. The van der Waals surface area contributed by atoms with Crippen LogP contribution in [0.25, 0.3) is 5.52 Å². The molecular formula is C15H11F2N3O. The van der Waals surface area contributed by atoms with Gasteiger partial charge in [0.2, 0.25) is 5.91 Å². The van der Waals surface area contributed by atoms with Gasteiger partial charge in [-0.05, 0) is 29.8 Å². The smallest absolute Gasteiger partial charge is 0.228 e. The first-order valence-electron chi connectivity index (χ1n) is 6.29. The molecule has 1 N–H and O–H groups in total. The van der Waals surface area contributed by atoms with E-state index in [4.69, 9.17) is 0 Å². The summed E-state index contributed by atoms with van der Waals surface area (Å²) in [6.45, 7) is 0. The van der Waals surface area contributed by atoms with Gasteiger partial charge in [0.1, 0.15) is 11.6 Å². The quantitative estimate of drug-likeness (QED) is 0.805. The lowest BCUT2D eigenvalue weighted by Crippen LogP contribution is -2.14. The van der Waals surface area contributed by atoms with Crippen LogP contribution in [0, 0.1) is 11.6 Å². The molecule has 0 radical (unpaired) electrons. The Morgan fingerprint density at radius 3 is 2.71 bits per heavy atom. The number of halogens is 2. The molecule has 3 aromatic rings. The van der Waals surface area contributed by atoms with E-state index in [2.05, 4.69) is 10.4 Å². The predicted octanol–water partition coefficient (Wildman–Crippen LogP) is 2.79. The molecule has 0 spiro atoms. The number of hydrogen-bond donors (Lipinski definition) is 1. The molecule has 1 amide bonds. The molecule has 0 saturated heterocycles. The van der Waals surface area contributed by atoms with Crippen LogP contribution in [0.5, 0.6) is 0 Å². The SMILES string of the molecule is O=C(Cc1cc(F)cc(F)c1)Nc1cnn2ccccc12. The number of pyridine rings is 1. The number of benzene rings is 1. The molecule has 0 fully saturated rings. The number of anilines is 1. The van der Waals surface area contributed by atoms with E-state index in [9.17, 15) is 13.6 Å². The molecule has 6 heteroatoms. The Kier molecular flexibility index (Phi) is 3.35. The van der Waals surface area contributed by atoms with Crippen molar-refractivity contribution in [3.63, 3.8) is 0 Å². The number of nitrogens with zero attached hydrogens (tertiary/aromatic N) is 2. The van der Waals surface area contributed by atoms with Gasteiger partial charge in [0, 0.05) is 12.3 Å². The van der Waals surface area contributed by atoms with E-state index in [0.29, 0.717) is 5.69 Å². The Bertz CT molecular complexity index is 793. The predicted molar refractivity (Wildman–Crippen MR) is 73.9 cm³/mol. The number of aromatic nitrogens is 2. The highest BCUT2D eigenvalue weighted by atomic mass is 19.1. The molecule has 0 aliphatic rings. The fourth-order valence-electron chi connectivity index (χ4n) is 2.12. The highest BCUT2D eigenvalue weighted by Crippen LogP contribution is 2.16. The molecular weight excluding hydrogens is 276 g/mol. The van der Waals surface area contributed by atoms with Gasteiger partial charge in [-0.3, -0.25) is 4.79 Å². The summed E-state index contributed by atoms with van der Waals surface area (Å²) in [6, 6.07) is 8.50. The zero-order chi connectivity index (χ0) is 14.8. The van der Waals surface area contributed by atoms with Crippen LogP contribution in [0.1, 0.15) is 5.56 Å². The van der Waals surface area contributed by atoms with Crippen LogP contribution in [-0.4, -0.2) is 15.5 Å². The first-order valence-corrected chi connectivity index (χ1v) is 6.29. The van der Waals surface area contributed by atoms with E-state index in [0.717, 1.165) is 23.7 Å². The van der Waals surface area contributed by atoms with E-state index in [1.165, 1.54) is 6.20 Å². The largest absolute Gasteiger partial charge is 0.323 e. The van der Waals surface area contributed by atoms with E-state index in [1.54, 1.807) is 10.7 Å². The molecule has 4 nitrogen and oxygen atoms in total.